The lowest BCUT2D eigenvalue weighted by molar-refractivity contribution is -0.384. The number of nitro benzene ring substituents is 1. The molecule has 0 heterocycles. The summed E-state index contributed by atoms with van der Waals surface area (Å²) >= 11 is 0. The van der Waals surface area contributed by atoms with Gasteiger partial charge in [0.05, 0.1) is 4.92 Å². The highest BCUT2D eigenvalue weighted by molar-refractivity contribution is 5.54. The molecule has 1 N–H and O–H groups in total. The molecule has 0 bridgehead atoms. The number of anilines is 1. The molecule has 0 radical (unpaired) electrons. The number of non-ortho nitro benzene ring substituents is 1. The predicted molar refractivity (Wildman–Crippen MR) is 77.5 cm³/mol. The van der Waals surface area contributed by atoms with Gasteiger partial charge in [-0.05, 0) is 50.2 Å². The number of rotatable bonds is 4. The zero-order chi connectivity index (χ0) is 13.8. The van der Waals surface area contributed by atoms with Crippen molar-refractivity contribution in [2.24, 2.45) is 5.92 Å². The van der Waals surface area contributed by atoms with Crippen LogP contribution in [0.2, 0.25) is 0 Å². The van der Waals surface area contributed by atoms with Crippen molar-refractivity contribution in [1.82, 2.24) is 0 Å². The van der Waals surface area contributed by atoms with E-state index in [0.29, 0.717) is 6.04 Å². The SMILES string of the molecule is CCC1CCC(Nc2cc(C)cc([N+](=O)[O-])c2)CC1. The second kappa shape index (κ2) is 6.04. The van der Waals surface area contributed by atoms with E-state index in [9.17, 15) is 10.1 Å². The van der Waals surface area contributed by atoms with Crippen LogP contribution in [0.3, 0.4) is 0 Å². The van der Waals surface area contributed by atoms with Crippen molar-refractivity contribution in [3.63, 3.8) is 0 Å². The zero-order valence-corrected chi connectivity index (χ0v) is 11.7. The maximum atomic E-state index is 10.9. The maximum Gasteiger partial charge on any atom is 0.271 e. The summed E-state index contributed by atoms with van der Waals surface area (Å²) < 4.78 is 0. The molecular formula is C15H22N2O2. The Morgan fingerprint density at radius 2 is 1.95 bits per heavy atom. The highest BCUT2D eigenvalue weighted by Crippen LogP contribution is 2.29. The fraction of sp³-hybridized carbons (Fsp3) is 0.600. The molecule has 4 nitrogen and oxygen atoms in total. The second-order valence-electron chi connectivity index (χ2n) is 5.58. The van der Waals surface area contributed by atoms with Crippen molar-refractivity contribution in [3.8, 4) is 0 Å². The van der Waals surface area contributed by atoms with Crippen LogP contribution in [-0.4, -0.2) is 11.0 Å². The minimum absolute atomic E-state index is 0.171. The lowest BCUT2D eigenvalue weighted by Gasteiger charge is -2.29. The van der Waals surface area contributed by atoms with E-state index >= 15 is 0 Å². The van der Waals surface area contributed by atoms with Gasteiger partial charge in [-0.1, -0.05) is 13.3 Å². The molecule has 0 atom stereocenters. The van der Waals surface area contributed by atoms with Gasteiger partial charge < -0.3 is 5.32 Å². The highest BCUT2D eigenvalue weighted by Gasteiger charge is 2.20. The van der Waals surface area contributed by atoms with Crippen LogP contribution in [0.25, 0.3) is 0 Å². The first-order chi connectivity index (χ1) is 9.08. The molecule has 1 aliphatic carbocycles. The molecule has 1 aliphatic rings. The molecule has 0 unspecified atom stereocenters. The van der Waals surface area contributed by atoms with Crippen LogP contribution in [0.15, 0.2) is 18.2 Å². The van der Waals surface area contributed by atoms with Gasteiger partial charge in [0.25, 0.3) is 5.69 Å². The lowest BCUT2D eigenvalue weighted by Crippen LogP contribution is -2.25. The highest BCUT2D eigenvalue weighted by atomic mass is 16.6. The molecule has 0 saturated heterocycles. The van der Waals surface area contributed by atoms with E-state index in [4.69, 9.17) is 0 Å². The average molecular weight is 262 g/mol. The molecule has 19 heavy (non-hydrogen) atoms. The minimum atomic E-state index is -0.327. The van der Waals surface area contributed by atoms with Gasteiger partial charge >= 0.3 is 0 Å². The van der Waals surface area contributed by atoms with E-state index in [2.05, 4.69) is 12.2 Å². The van der Waals surface area contributed by atoms with Gasteiger partial charge in [0, 0.05) is 23.9 Å². The summed E-state index contributed by atoms with van der Waals surface area (Å²) in [6.07, 6.45) is 6.13. The maximum absolute atomic E-state index is 10.9. The quantitative estimate of drug-likeness (QED) is 0.650. The molecule has 1 aromatic rings. The third kappa shape index (κ3) is 3.69. The first-order valence-corrected chi connectivity index (χ1v) is 7.11. The number of nitrogens with one attached hydrogen (secondary N) is 1. The third-order valence-electron chi connectivity index (χ3n) is 4.07. The van der Waals surface area contributed by atoms with Crippen LogP contribution in [0, 0.1) is 23.0 Å². The van der Waals surface area contributed by atoms with Gasteiger partial charge in [-0.15, -0.1) is 0 Å². The van der Waals surface area contributed by atoms with Gasteiger partial charge in [0.1, 0.15) is 0 Å². The Balaban J connectivity index is 2.01. The number of nitro groups is 1. The monoisotopic (exact) mass is 262 g/mol. The van der Waals surface area contributed by atoms with Gasteiger partial charge in [-0.3, -0.25) is 10.1 Å². The van der Waals surface area contributed by atoms with Crippen molar-refractivity contribution in [1.29, 1.82) is 0 Å². The standard InChI is InChI=1S/C15H22N2O2/c1-3-12-4-6-13(7-5-12)16-14-8-11(2)9-15(10-14)17(18)19/h8-10,12-13,16H,3-7H2,1-2H3. The summed E-state index contributed by atoms with van der Waals surface area (Å²) in [6, 6.07) is 5.70. The fourth-order valence-electron chi connectivity index (χ4n) is 2.90. The molecule has 1 fully saturated rings. The Kier molecular flexibility index (Phi) is 4.40. The Labute approximate surface area is 114 Å². The van der Waals surface area contributed by atoms with E-state index < -0.39 is 0 Å². The third-order valence-corrected chi connectivity index (χ3v) is 4.07. The molecular weight excluding hydrogens is 240 g/mol. The van der Waals surface area contributed by atoms with Crippen LogP contribution >= 0.6 is 0 Å². The molecule has 0 amide bonds. The smallest absolute Gasteiger partial charge is 0.271 e. The lowest BCUT2D eigenvalue weighted by atomic mass is 9.84. The van der Waals surface area contributed by atoms with Crippen molar-refractivity contribution in [2.45, 2.75) is 52.0 Å². The number of hydrogen-bond acceptors (Lipinski definition) is 3. The number of nitrogens with zero attached hydrogens (tertiary/aromatic N) is 1. The Hall–Kier alpha value is -1.58. The summed E-state index contributed by atoms with van der Waals surface area (Å²) in [6.45, 7) is 4.15. The summed E-state index contributed by atoms with van der Waals surface area (Å²) in [5.74, 6) is 0.866. The number of hydrogen-bond donors (Lipinski definition) is 1. The van der Waals surface area contributed by atoms with Crippen molar-refractivity contribution < 1.29 is 4.92 Å². The van der Waals surface area contributed by atoms with Crippen LogP contribution in [-0.2, 0) is 0 Å². The Morgan fingerprint density at radius 1 is 1.26 bits per heavy atom. The van der Waals surface area contributed by atoms with Gasteiger partial charge in [0.2, 0.25) is 0 Å². The summed E-state index contributed by atoms with van der Waals surface area (Å²) in [4.78, 5) is 10.5. The largest absolute Gasteiger partial charge is 0.382 e. The molecule has 0 aliphatic heterocycles. The summed E-state index contributed by atoms with van der Waals surface area (Å²) in [5, 5.41) is 14.3. The zero-order valence-electron chi connectivity index (χ0n) is 11.7. The molecule has 0 spiro atoms. The second-order valence-corrected chi connectivity index (χ2v) is 5.58. The summed E-state index contributed by atoms with van der Waals surface area (Å²) in [5.41, 5.74) is 1.98. The number of aryl methyl sites for hydroxylation is 1. The van der Waals surface area contributed by atoms with Crippen molar-refractivity contribution in [3.05, 3.63) is 33.9 Å². The van der Waals surface area contributed by atoms with E-state index in [1.54, 1.807) is 12.1 Å². The molecule has 4 heteroatoms. The molecule has 2 rings (SSSR count). The van der Waals surface area contributed by atoms with Gasteiger partial charge in [-0.2, -0.15) is 0 Å². The molecule has 1 aromatic carbocycles. The fourth-order valence-corrected chi connectivity index (χ4v) is 2.90. The van der Waals surface area contributed by atoms with E-state index in [1.165, 1.54) is 32.1 Å². The predicted octanol–water partition coefficient (Wildman–Crippen LogP) is 4.28. The van der Waals surface area contributed by atoms with Crippen LogP contribution < -0.4 is 5.32 Å². The van der Waals surface area contributed by atoms with E-state index in [0.717, 1.165) is 17.2 Å². The van der Waals surface area contributed by atoms with Crippen molar-refractivity contribution >= 4 is 11.4 Å². The van der Waals surface area contributed by atoms with Crippen LogP contribution in [0.4, 0.5) is 11.4 Å². The van der Waals surface area contributed by atoms with Crippen LogP contribution in [0.5, 0.6) is 0 Å². The summed E-state index contributed by atoms with van der Waals surface area (Å²) in [7, 11) is 0. The topological polar surface area (TPSA) is 55.2 Å². The molecule has 1 saturated carbocycles. The van der Waals surface area contributed by atoms with Gasteiger partial charge in [-0.25, -0.2) is 0 Å². The molecule has 104 valence electrons. The van der Waals surface area contributed by atoms with Crippen LogP contribution in [0.1, 0.15) is 44.6 Å². The van der Waals surface area contributed by atoms with E-state index in [1.807, 2.05) is 13.0 Å². The van der Waals surface area contributed by atoms with Gasteiger partial charge in [0.15, 0.2) is 0 Å². The number of benzene rings is 1. The first-order valence-electron chi connectivity index (χ1n) is 7.11. The van der Waals surface area contributed by atoms with E-state index in [-0.39, 0.29) is 10.6 Å². The Morgan fingerprint density at radius 3 is 2.53 bits per heavy atom. The Bertz CT molecular complexity index is 451. The normalized spacial score (nSPS) is 23.1. The minimum Gasteiger partial charge on any atom is -0.382 e. The average Bonchev–Trinajstić information content (AvgIpc) is 2.39. The van der Waals surface area contributed by atoms with Crippen molar-refractivity contribution in [2.75, 3.05) is 5.32 Å². The molecule has 0 aromatic heterocycles. The first kappa shape index (κ1) is 13.8.